The molecule has 2 heterocycles. The van der Waals surface area contributed by atoms with Crippen LogP contribution in [0.3, 0.4) is 0 Å². The maximum absolute atomic E-state index is 11.9. The van der Waals surface area contributed by atoms with Crippen LogP contribution < -0.4 is 10.6 Å². The van der Waals surface area contributed by atoms with Crippen molar-refractivity contribution in [2.24, 2.45) is 0 Å². The van der Waals surface area contributed by atoms with Crippen LogP contribution in [0.2, 0.25) is 0 Å². The fourth-order valence-electron chi connectivity index (χ4n) is 2.21. The Morgan fingerprint density at radius 2 is 2.00 bits per heavy atom. The van der Waals surface area contributed by atoms with Crippen LogP contribution in [0, 0.1) is 13.8 Å². The number of amides is 2. The summed E-state index contributed by atoms with van der Waals surface area (Å²) in [7, 11) is -3.07. The van der Waals surface area contributed by atoms with E-state index in [2.05, 4.69) is 10.6 Å². The Balaban J connectivity index is 2.07. The van der Waals surface area contributed by atoms with Gasteiger partial charge in [0.15, 0.2) is 9.84 Å². The monoisotopic (exact) mass is 332 g/mol. The van der Waals surface area contributed by atoms with Crippen LogP contribution in [-0.4, -0.2) is 43.1 Å². The van der Waals surface area contributed by atoms with Crippen LogP contribution in [0.15, 0.2) is 0 Å². The molecular formula is C12H16N2O5S2. The molecular weight excluding hydrogens is 316 g/mol. The Hall–Kier alpha value is -1.61. The Bertz CT molecular complexity index is 693. The minimum atomic E-state index is -3.07. The second-order valence-electron chi connectivity index (χ2n) is 4.99. The van der Waals surface area contributed by atoms with Gasteiger partial charge >= 0.3 is 12.0 Å². The van der Waals surface area contributed by atoms with E-state index in [0.717, 1.165) is 4.88 Å². The van der Waals surface area contributed by atoms with Crippen molar-refractivity contribution in [3.63, 3.8) is 0 Å². The number of urea groups is 1. The molecule has 2 amide bonds. The number of aryl methyl sites for hydroxylation is 1. The highest BCUT2D eigenvalue weighted by Gasteiger charge is 2.29. The normalized spacial score (nSPS) is 20.2. The zero-order valence-corrected chi connectivity index (χ0v) is 13.2. The molecule has 1 aliphatic heterocycles. The largest absolute Gasteiger partial charge is 0.478 e. The SMILES string of the molecule is Cc1sc(NC(=O)NC2CCS(=O)(=O)C2)c(C(=O)O)c1C. The van der Waals surface area contributed by atoms with E-state index in [1.807, 2.05) is 0 Å². The highest BCUT2D eigenvalue weighted by Crippen LogP contribution is 2.32. The molecule has 1 fully saturated rings. The number of carbonyl (C=O) groups excluding carboxylic acids is 1. The van der Waals surface area contributed by atoms with Crippen molar-refractivity contribution in [3.05, 3.63) is 16.0 Å². The van der Waals surface area contributed by atoms with Gasteiger partial charge in [0.25, 0.3) is 0 Å². The molecule has 0 saturated carbocycles. The number of sulfone groups is 1. The van der Waals surface area contributed by atoms with Crippen molar-refractivity contribution in [1.29, 1.82) is 0 Å². The predicted molar refractivity (Wildman–Crippen MR) is 80.0 cm³/mol. The highest BCUT2D eigenvalue weighted by molar-refractivity contribution is 7.91. The van der Waals surface area contributed by atoms with Gasteiger partial charge in [0.2, 0.25) is 0 Å². The van der Waals surface area contributed by atoms with E-state index in [4.69, 9.17) is 0 Å². The summed E-state index contributed by atoms with van der Waals surface area (Å²) in [6.07, 6.45) is 0.379. The highest BCUT2D eigenvalue weighted by atomic mass is 32.2. The molecule has 1 saturated heterocycles. The molecule has 1 atom stereocenters. The summed E-state index contributed by atoms with van der Waals surface area (Å²) >= 11 is 1.18. The van der Waals surface area contributed by atoms with E-state index in [0.29, 0.717) is 12.0 Å². The lowest BCUT2D eigenvalue weighted by Gasteiger charge is -2.11. The van der Waals surface area contributed by atoms with Gasteiger partial charge in [-0.25, -0.2) is 18.0 Å². The summed E-state index contributed by atoms with van der Waals surface area (Å²) in [6, 6.07) is -1.01. The van der Waals surface area contributed by atoms with E-state index in [-0.39, 0.29) is 22.1 Å². The molecule has 1 aromatic heterocycles. The van der Waals surface area contributed by atoms with Gasteiger partial charge < -0.3 is 10.4 Å². The van der Waals surface area contributed by atoms with Crippen LogP contribution in [0.25, 0.3) is 0 Å². The molecule has 116 valence electrons. The first-order chi connectivity index (χ1) is 9.69. The van der Waals surface area contributed by atoms with Gasteiger partial charge in [-0.1, -0.05) is 0 Å². The quantitative estimate of drug-likeness (QED) is 0.774. The van der Waals surface area contributed by atoms with Crippen molar-refractivity contribution >= 4 is 38.2 Å². The van der Waals surface area contributed by atoms with E-state index in [1.54, 1.807) is 13.8 Å². The first-order valence-corrected chi connectivity index (χ1v) is 8.94. The molecule has 2 rings (SSSR count). The summed E-state index contributed by atoms with van der Waals surface area (Å²) < 4.78 is 22.6. The van der Waals surface area contributed by atoms with Crippen LogP contribution in [0.1, 0.15) is 27.2 Å². The van der Waals surface area contributed by atoms with Gasteiger partial charge in [-0.2, -0.15) is 0 Å². The number of anilines is 1. The van der Waals surface area contributed by atoms with Crippen molar-refractivity contribution in [1.82, 2.24) is 5.32 Å². The molecule has 7 nitrogen and oxygen atoms in total. The van der Waals surface area contributed by atoms with Crippen LogP contribution in [0.4, 0.5) is 9.80 Å². The molecule has 21 heavy (non-hydrogen) atoms. The summed E-state index contributed by atoms with van der Waals surface area (Å²) in [5.74, 6) is -1.11. The molecule has 1 aliphatic rings. The second kappa shape index (κ2) is 5.64. The third-order valence-corrected chi connectivity index (χ3v) is 6.28. The van der Waals surface area contributed by atoms with Gasteiger partial charge in [0.05, 0.1) is 17.1 Å². The van der Waals surface area contributed by atoms with Crippen molar-refractivity contribution in [3.8, 4) is 0 Å². The predicted octanol–water partition coefficient (Wildman–Crippen LogP) is 1.37. The van der Waals surface area contributed by atoms with Crippen molar-refractivity contribution in [2.75, 3.05) is 16.8 Å². The first-order valence-electron chi connectivity index (χ1n) is 6.31. The number of hydrogen-bond acceptors (Lipinski definition) is 5. The Labute approximate surface area is 126 Å². The molecule has 0 aromatic carbocycles. The number of carboxylic acids is 1. The van der Waals surface area contributed by atoms with E-state index in [1.165, 1.54) is 11.3 Å². The third kappa shape index (κ3) is 3.53. The fourth-order valence-corrected chi connectivity index (χ4v) is 4.93. The molecule has 0 radical (unpaired) electrons. The third-order valence-electron chi connectivity index (χ3n) is 3.39. The van der Waals surface area contributed by atoms with Gasteiger partial charge in [-0.05, 0) is 25.8 Å². The lowest BCUT2D eigenvalue weighted by Crippen LogP contribution is -2.38. The minimum absolute atomic E-state index is 0.0650. The Morgan fingerprint density at radius 1 is 1.33 bits per heavy atom. The number of aromatic carboxylic acids is 1. The topological polar surface area (TPSA) is 113 Å². The summed E-state index contributed by atoms with van der Waals surface area (Å²) in [4.78, 5) is 23.9. The van der Waals surface area contributed by atoms with E-state index >= 15 is 0 Å². The van der Waals surface area contributed by atoms with E-state index < -0.39 is 27.9 Å². The van der Waals surface area contributed by atoms with Crippen LogP contribution in [0.5, 0.6) is 0 Å². The zero-order chi connectivity index (χ0) is 15.8. The number of rotatable bonds is 3. The minimum Gasteiger partial charge on any atom is -0.478 e. The lowest BCUT2D eigenvalue weighted by atomic mass is 10.1. The van der Waals surface area contributed by atoms with Crippen LogP contribution >= 0.6 is 11.3 Å². The van der Waals surface area contributed by atoms with Crippen molar-refractivity contribution in [2.45, 2.75) is 26.3 Å². The van der Waals surface area contributed by atoms with E-state index in [9.17, 15) is 23.1 Å². The number of nitrogens with one attached hydrogen (secondary N) is 2. The summed E-state index contributed by atoms with van der Waals surface area (Å²) in [5.41, 5.74) is 0.693. The summed E-state index contributed by atoms with van der Waals surface area (Å²) in [6.45, 7) is 3.46. The number of carbonyl (C=O) groups is 2. The zero-order valence-electron chi connectivity index (χ0n) is 11.6. The first kappa shape index (κ1) is 15.8. The maximum Gasteiger partial charge on any atom is 0.338 e. The lowest BCUT2D eigenvalue weighted by molar-refractivity contribution is 0.0697. The number of hydrogen-bond donors (Lipinski definition) is 3. The molecule has 3 N–H and O–H groups in total. The number of carboxylic acid groups (broad SMARTS) is 1. The molecule has 1 unspecified atom stereocenters. The maximum atomic E-state index is 11.9. The smallest absolute Gasteiger partial charge is 0.338 e. The number of thiophene rings is 1. The van der Waals surface area contributed by atoms with Gasteiger partial charge in [0, 0.05) is 10.9 Å². The molecule has 1 aromatic rings. The standard InChI is InChI=1S/C12H16N2O5S2/c1-6-7(2)20-10(9(6)11(15)16)14-12(17)13-8-3-4-21(18,19)5-8/h8H,3-5H2,1-2H3,(H,15,16)(H2,13,14,17). The molecule has 9 heteroatoms. The fraction of sp³-hybridized carbons (Fsp3) is 0.500. The summed E-state index contributed by atoms with van der Waals surface area (Å²) in [5, 5.41) is 14.5. The molecule has 0 aliphatic carbocycles. The van der Waals surface area contributed by atoms with Gasteiger partial charge in [0.1, 0.15) is 5.00 Å². The van der Waals surface area contributed by atoms with Crippen molar-refractivity contribution < 1.29 is 23.1 Å². The average molecular weight is 332 g/mol. The second-order valence-corrected chi connectivity index (χ2v) is 8.44. The Kier molecular flexibility index (Phi) is 4.24. The van der Waals surface area contributed by atoms with Gasteiger partial charge in [-0.15, -0.1) is 11.3 Å². The van der Waals surface area contributed by atoms with Gasteiger partial charge in [-0.3, -0.25) is 5.32 Å². The van der Waals surface area contributed by atoms with Crippen LogP contribution in [-0.2, 0) is 9.84 Å². The molecule has 0 spiro atoms. The average Bonchev–Trinajstić information content (AvgIpc) is 2.80. The Morgan fingerprint density at radius 3 is 2.52 bits per heavy atom. The molecule has 0 bridgehead atoms.